The zero-order valence-electron chi connectivity index (χ0n) is 8.76. The van der Waals surface area contributed by atoms with Gasteiger partial charge in [-0.05, 0) is 25.0 Å². The summed E-state index contributed by atoms with van der Waals surface area (Å²) in [6.45, 7) is 0.323. The monoisotopic (exact) mass is 242 g/mol. The molecule has 0 atom stereocenters. The van der Waals surface area contributed by atoms with Crippen LogP contribution in [0.5, 0.6) is 0 Å². The maximum absolute atomic E-state index is 11.8. The number of sulfonamides is 1. The van der Waals surface area contributed by atoms with Gasteiger partial charge in [-0.25, -0.2) is 13.1 Å². The first kappa shape index (κ1) is 11.5. The largest absolute Gasteiger partial charge is 0.396 e. The van der Waals surface area contributed by atoms with Gasteiger partial charge in [-0.3, -0.25) is 4.98 Å². The molecule has 0 aliphatic heterocycles. The van der Waals surface area contributed by atoms with Gasteiger partial charge in [0, 0.05) is 31.0 Å². The molecule has 1 aromatic rings. The fourth-order valence-electron chi connectivity index (χ4n) is 1.41. The summed E-state index contributed by atoms with van der Waals surface area (Å²) in [4.78, 5) is 3.92. The molecule has 0 amide bonds. The van der Waals surface area contributed by atoms with Crippen molar-refractivity contribution in [1.29, 1.82) is 0 Å². The van der Waals surface area contributed by atoms with Crippen LogP contribution in [0.1, 0.15) is 12.8 Å². The van der Waals surface area contributed by atoms with E-state index in [0.29, 0.717) is 6.54 Å². The summed E-state index contributed by atoms with van der Waals surface area (Å²) >= 11 is 0. The molecule has 0 radical (unpaired) electrons. The Morgan fingerprint density at radius 3 is 2.75 bits per heavy atom. The molecule has 1 aliphatic rings. The van der Waals surface area contributed by atoms with Gasteiger partial charge in [-0.1, -0.05) is 0 Å². The Balaban J connectivity index is 2.04. The van der Waals surface area contributed by atoms with E-state index in [1.165, 1.54) is 18.5 Å². The zero-order chi connectivity index (χ0) is 11.6. The van der Waals surface area contributed by atoms with Gasteiger partial charge < -0.3 is 5.11 Å². The standard InChI is InChI=1S/C10H14N2O3S/c13-8-10(3-4-10)7-12-16(14,15)9-2-1-5-11-6-9/h1-2,5-6,12-13H,3-4,7-8H2. The Morgan fingerprint density at radius 1 is 1.50 bits per heavy atom. The molecule has 1 heterocycles. The summed E-state index contributed by atoms with van der Waals surface area (Å²) in [6, 6.07) is 3.07. The molecule has 0 saturated heterocycles. The van der Waals surface area contributed by atoms with Crippen LogP contribution in [0.4, 0.5) is 0 Å². The van der Waals surface area contributed by atoms with Crippen molar-refractivity contribution in [3.05, 3.63) is 24.5 Å². The van der Waals surface area contributed by atoms with Crippen LogP contribution in [0.15, 0.2) is 29.4 Å². The van der Waals surface area contributed by atoms with E-state index in [1.54, 1.807) is 6.07 Å². The van der Waals surface area contributed by atoms with Crippen molar-refractivity contribution in [2.24, 2.45) is 5.41 Å². The number of pyridine rings is 1. The Morgan fingerprint density at radius 2 is 2.25 bits per heavy atom. The summed E-state index contributed by atoms with van der Waals surface area (Å²) in [5.41, 5.74) is -0.227. The average Bonchev–Trinajstić information content (AvgIpc) is 3.09. The van der Waals surface area contributed by atoms with E-state index in [2.05, 4.69) is 9.71 Å². The molecule has 1 aliphatic carbocycles. The summed E-state index contributed by atoms with van der Waals surface area (Å²) in [5.74, 6) is 0. The molecule has 1 fully saturated rings. The summed E-state index contributed by atoms with van der Waals surface area (Å²) in [6.07, 6.45) is 4.58. The zero-order valence-corrected chi connectivity index (χ0v) is 9.57. The van der Waals surface area contributed by atoms with Crippen LogP contribution in [0.3, 0.4) is 0 Å². The van der Waals surface area contributed by atoms with E-state index >= 15 is 0 Å². The number of rotatable bonds is 5. The lowest BCUT2D eigenvalue weighted by molar-refractivity contribution is 0.213. The van der Waals surface area contributed by atoms with Gasteiger partial charge >= 0.3 is 0 Å². The number of nitrogens with one attached hydrogen (secondary N) is 1. The Bertz CT molecular complexity index is 454. The molecule has 0 bridgehead atoms. The minimum absolute atomic E-state index is 0.0303. The van der Waals surface area contributed by atoms with Crippen molar-refractivity contribution in [3.63, 3.8) is 0 Å². The lowest BCUT2D eigenvalue weighted by Crippen LogP contribution is -2.31. The van der Waals surface area contributed by atoms with Crippen LogP contribution in [0.2, 0.25) is 0 Å². The number of nitrogens with zero attached hydrogens (tertiary/aromatic N) is 1. The summed E-state index contributed by atoms with van der Waals surface area (Å²) in [7, 11) is -3.49. The molecule has 1 saturated carbocycles. The van der Waals surface area contributed by atoms with Gasteiger partial charge in [0.25, 0.3) is 0 Å². The van der Waals surface area contributed by atoms with Crippen LogP contribution < -0.4 is 4.72 Å². The van der Waals surface area contributed by atoms with Crippen LogP contribution in [0.25, 0.3) is 0 Å². The highest BCUT2D eigenvalue weighted by atomic mass is 32.2. The van der Waals surface area contributed by atoms with Gasteiger partial charge in [0.2, 0.25) is 10.0 Å². The van der Waals surface area contributed by atoms with E-state index in [1.807, 2.05) is 0 Å². The highest BCUT2D eigenvalue weighted by molar-refractivity contribution is 7.89. The summed E-state index contributed by atoms with van der Waals surface area (Å²) < 4.78 is 26.1. The van der Waals surface area contributed by atoms with Gasteiger partial charge in [0.05, 0.1) is 0 Å². The number of aliphatic hydroxyl groups excluding tert-OH is 1. The van der Waals surface area contributed by atoms with Crippen LogP contribution in [0, 0.1) is 5.41 Å². The number of hydrogen-bond donors (Lipinski definition) is 2. The summed E-state index contributed by atoms with van der Waals surface area (Å²) in [5, 5.41) is 9.08. The van der Waals surface area contributed by atoms with Crippen molar-refractivity contribution in [2.75, 3.05) is 13.2 Å². The van der Waals surface area contributed by atoms with Gasteiger partial charge in [0.1, 0.15) is 4.90 Å². The lowest BCUT2D eigenvalue weighted by Gasteiger charge is -2.12. The third kappa shape index (κ3) is 2.40. The van der Waals surface area contributed by atoms with E-state index in [9.17, 15) is 8.42 Å². The van der Waals surface area contributed by atoms with Gasteiger partial charge in [-0.15, -0.1) is 0 Å². The third-order valence-corrected chi connectivity index (χ3v) is 4.26. The number of aliphatic hydroxyl groups is 1. The second-order valence-corrected chi connectivity index (χ2v) is 5.94. The second-order valence-electron chi connectivity index (χ2n) is 4.17. The molecule has 16 heavy (non-hydrogen) atoms. The molecule has 0 aromatic carbocycles. The highest BCUT2D eigenvalue weighted by Gasteiger charge is 2.42. The first-order valence-electron chi connectivity index (χ1n) is 5.09. The minimum Gasteiger partial charge on any atom is -0.396 e. The highest BCUT2D eigenvalue weighted by Crippen LogP contribution is 2.44. The van der Waals surface area contributed by atoms with E-state index in [-0.39, 0.29) is 16.9 Å². The van der Waals surface area contributed by atoms with Crippen molar-refractivity contribution >= 4 is 10.0 Å². The first-order chi connectivity index (χ1) is 7.58. The molecular weight excluding hydrogens is 228 g/mol. The van der Waals surface area contributed by atoms with Crippen molar-refractivity contribution in [2.45, 2.75) is 17.7 Å². The molecule has 6 heteroatoms. The maximum atomic E-state index is 11.8. The second kappa shape index (κ2) is 4.12. The first-order valence-corrected chi connectivity index (χ1v) is 6.57. The topological polar surface area (TPSA) is 79.3 Å². The molecule has 88 valence electrons. The Kier molecular flexibility index (Phi) is 2.96. The fraction of sp³-hybridized carbons (Fsp3) is 0.500. The van der Waals surface area contributed by atoms with E-state index < -0.39 is 10.0 Å². The van der Waals surface area contributed by atoms with Gasteiger partial charge in [0.15, 0.2) is 0 Å². The van der Waals surface area contributed by atoms with Crippen LogP contribution in [-0.2, 0) is 10.0 Å². The van der Waals surface area contributed by atoms with Crippen molar-refractivity contribution in [3.8, 4) is 0 Å². The normalized spacial score (nSPS) is 18.3. The molecule has 2 N–H and O–H groups in total. The number of hydrogen-bond acceptors (Lipinski definition) is 4. The Hall–Kier alpha value is -0.980. The molecule has 0 spiro atoms. The number of aromatic nitrogens is 1. The fourth-order valence-corrected chi connectivity index (χ4v) is 2.53. The quantitative estimate of drug-likeness (QED) is 0.769. The van der Waals surface area contributed by atoms with Gasteiger partial charge in [-0.2, -0.15) is 0 Å². The predicted molar refractivity (Wildman–Crippen MR) is 58.2 cm³/mol. The SMILES string of the molecule is O=S(=O)(NCC1(CO)CC1)c1cccnc1. The third-order valence-electron chi connectivity index (χ3n) is 2.87. The molecule has 1 aromatic heterocycles. The van der Waals surface area contributed by atoms with E-state index in [0.717, 1.165) is 12.8 Å². The Labute approximate surface area is 94.6 Å². The maximum Gasteiger partial charge on any atom is 0.242 e. The average molecular weight is 242 g/mol. The van der Waals surface area contributed by atoms with E-state index in [4.69, 9.17) is 5.11 Å². The van der Waals surface area contributed by atoms with Crippen molar-refractivity contribution in [1.82, 2.24) is 9.71 Å². The van der Waals surface area contributed by atoms with Crippen molar-refractivity contribution < 1.29 is 13.5 Å². The molecular formula is C10H14N2O3S. The smallest absolute Gasteiger partial charge is 0.242 e. The van der Waals surface area contributed by atoms with Crippen LogP contribution >= 0.6 is 0 Å². The molecule has 2 rings (SSSR count). The molecule has 0 unspecified atom stereocenters. The predicted octanol–water partition coefficient (Wildman–Crippen LogP) is 0.132. The minimum atomic E-state index is -3.49. The van der Waals surface area contributed by atoms with Crippen LogP contribution in [-0.4, -0.2) is 31.7 Å². The molecule has 5 nitrogen and oxygen atoms in total. The lowest BCUT2D eigenvalue weighted by atomic mass is 10.1.